The summed E-state index contributed by atoms with van der Waals surface area (Å²) in [6, 6.07) is -0.0157. The number of aromatic nitrogens is 3. The van der Waals surface area contributed by atoms with E-state index < -0.39 is 24.2 Å². The molecule has 2 bridgehead atoms. The lowest BCUT2D eigenvalue weighted by molar-refractivity contribution is -0.149. The fourth-order valence-electron chi connectivity index (χ4n) is 3.78. The summed E-state index contributed by atoms with van der Waals surface area (Å²) in [5.41, 5.74) is 6.61. The number of pyridine rings is 1. The molecule has 0 aromatic carbocycles. The number of anilines is 5. The van der Waals surface area contributed by atoms with Crippen LogP contribution in [-0.4, -0.2) is 58.2 Å². The molecular weight excluding hydrogens is 455 g/mol. The number of urea groups is 1. The molecule has 3 amide bonds. The largest absolute Gasteiger partial charge is 0.408 e. The Balaban J connectivity index is 1.60. The first-order valence-electron chi connectivity index (χ1n) is 10.3. The van der Waals surface area contributed by atoms with Crippen LogP contribution >= 0.6 is 0 Å². The van der Waals surface area contributed by atoms with E-state index in [9.17, 15) is 22.8 Å². The number of rotatable bonds is 5. The van der Waals surface area contributed by atoms with Gasteiger partial charge in [-0.15, -0.1) is 0 Å². The zero-order chi connectivity index (χ0) is 24.6. The molecule has 4 heterocycles. The van der Waals surface area contributed by atoms with Crippen LogP contribution in [0.2, 0.25) is 0 Å². The van der Waals surface area contributed by atoms with E-state index in [4.69, 9.17) is 5.73 Å². The number of alkyl halides is 3. The Kier molecular flexibility index (Phi) is 5.89. The number of nitrogens with one attached hydrogen (secondary N) is 3. The minimum atomic E-state index is -4.60. The summed E-state index contributed by atoms with van der Waals surface area (Å²) in [5.74, 6) is -0.794. The Bertz CT molecular complexity index is 1140. The van der Waals surface area contributed by atoms with E-state index in [-0.39, 0.29) is 29.3 Å². The predicted molar refractivity (Wildman–Crippen MR) is 120 cm³/mol. The summed E-state index contributed by atoms with van der Waals surface area (Å²) in [7, 11) is 0. The highest BCUT2D eigenvalue weighted by Crippen LogP contribution is 2.39. The zero-order valence-corrected chi connectivity index (χ0v) is 18.1. The molecular formula is C20H22F3N9O2. The molecule has 1 unspecified atom stereocenters. The molecule has 0 spiro atoms. The van der Waals surface area contributed by atoms with Crippen LogP contribution in [0.15, 0.2) is 31.1 Å². The average Bonchev–Trinajstić information content (AvgIpc) is 3.19. The maximum absolute atomic E-state index is 13.2. The second kappa shape index (κ2) is 8.68. The molecule has 0 aliphatic carbocycles. The van der Waals surface area contributed by atoms with Gasteiger partial charge in [0, 0.05) is 13.1 Å². The van der Waals surface area contributed by atoms with Gasteiger partial charge >= 0.3 is 12.2 Å². The van der Waals surface area contributed by atoms with E-state index in [1.165, 1.54) is 23.4 Å². The van der Waals surface area contributed by atoms with E-state index in [0.717, 1.165) is 6.92 Å². The van der Waals surface area contributed by atoms with Crippen molar-refractivity contribution < 1.29 is 22.8 Å². The van der Waals surface area contributed by atoms with Gasteiger partial charge in [0.05, 0.1) is 23.6 Å². The topological polar surface area (TPSA) is 141 Å². The highest BCUT2D eigenvalue weighted by Gasteiger charge is 2.41. The van der Waals surface area contributed by atoms with Gasteiger partial charge in [0.15, 0.2) is 11.6 Å². The SMILES string of the molecule is C=CNc1cnc(NC(=O)N2c3nc(C(=O)N[C@H](C)C(F)(F)F)ccc3N3CCC2C3)nc1N. The van der Waals surface area contributed by atoms with Crippen LogP contribution in [0.5, 0.6) is 0 Å². The van der Waals surface area contributed by atoms with Gasteiger partial charge in [0.2, 0.25) is 5.95 Å². The molecule has 2 atom stereocenters. The van der Waals surface area contributed by atoms with Gasteiger partial charge in [-0.2, -0.15) is 18.2 Å². The fraction of sp³-hybridized carbons (Fsp3) is 0.350. The van der Waals surface area contributed by atoms with Gasteiger partial charge in [-0.25, -0.2) is 14.8 Å². The zero-order valence-electron chi connectivity index (χ0n) is 18.1. The molecule has 0 saturated carbocycles. The predicted octanol–water partition coefficient (Wildman–Crippen LogP) is 2.32. The molecule has 11 nitrogen and oxygen atoms in total. The molecule has 14 heteroatoms. The highest BCUT2D eigenvalue weighted by molar-refractivity contribution is 6.04. The summed E-state index contributed by atoms with van der Waals surface area (Å²) in [6.07, 6.45) is -1.18. The number of hydrogen-bond acceptors (Lipinski definition) is 8. The smallest absolute Gasteiger partial charge is 0.382 e. The van der Waals surface area contributed by atoms with Gasteiger partial charge in [-0.3, -0.25) is 15.0 Å². The summed E-state index contributed by atoms with van der Waals surface area (Å²) >= 11 is 0. The number of carbonyl (C=O) groups excluding carboxylic acids is 2. The van der Waals surface area contributed by atoms with Crippen LogP contribution in [0.1, 0.15) is 23.8 Å². The first-order chi connectivity index (χ1) is 16.1. The highest BCUT2D eigenvalue weighted by atomic mass is 19.4. The van der Waals surface area contributed by atoms with Gasteiger partial charge in [0.25, 0.3) is 5.91 Å². The van der Waals surface area contributed by atoms with Crippen LogP contribution in [0, 0.1) is 0 Å². The van der Waals surface area contributed by atoms with Crippen molar-refractivity contribution >= 4 is 40.9 Å². The van der Waals surface area contributed by atoms with Crippen molar-refractivity contribution in [3.63, 3.8) is 0 Å². The number of nitrogens with two attached hydrogens (primary N) is 1. The van der Waals surface area contributed by atoms with Crippen LogP contribution < -0.4 is 31.5 Å². The lowest BCUT2D eigenvalue weighted by Gasteiger charge is -2.35. The Labute approximate surface area is 192 Å². The number of amides is 3. The van der Waals surface area contributed by atoms with Gasteiger partial charge in [-0.05, 0) is 31.7 Å². The second-order valence-electron chi connectivity index (χ2n) is 7.81. The Morgan fingerprint density at radius 3 is 2.76 bits per heavy atom. The van der Waals surface area contributed by atoms with E-state index in [2.05, 4.69) is 32.2 Å². The monoisotopic (exact) mass is 477 g/mol. The van der Waals surface area contributed by atoms with E-state index in [1.54, 1.807) is 6.07 Å². The first kappa shape index (κ1) is 23.1. The molecule has 2 aliphatic rings. The molecule has 180 valence electrons. The number of halogens is 3. The second-order valence-corrected chi connectivity index (χ2v) is 7.81. The van der Waals surface area contributed by atoms with Crippen molar-refractivity contribution in [3.05, 3.63) is 36.8 Å². The van der Waals surface area contributed by atoms with Crippen molar-refractivity contribution in [1.29, 1.82) is 0 Å². The number of hydrogen-bond donors (Lipinski definition) is 4. The van der Waals surface area contributed by atoms with Crippen LogP contribution in [0.4, 0.5) is 46.9 Å². The number of nitrogen functional groups attached to an aromatic ring is 1. The fourth-order valence-corrected chi connectivity index (χ4v) is 3.78. The molecule has 2 aliphatic heterocycles. The molecule has 4 rings (SSSR count). The molecule has 5 N–H and O–H groups in total. The Morgan fingerprint density at radius 2 is 2.09 bits per heavy atom. The average molecular weight is 477 g/mol. The molecule has 34 heavy (non-hydrogen) atoms. The summed E-state index contributed by atoms with van der Waals surface area (Å²) < 4.78 is 38.5. The third-order valence-electron chi connectivity index (χ3n) is 5.54. The number of carbonyl (C=O) groups is 2. The molecule has 1 fully saturated rings. The van der Waals surface area contributed by atoms with Crippen LogP contribution in [0.3, 0.4) is 0 Å². The third kappa shape index (κ3) is 4.38. The van der Waals surface area contributed by atoms with Gasteiger partial charge in [0.1, 0.15) is 11.7 Å². The Hall–Kier alpha value is -4.10. The maximum Gasteiger partial charge on any atom is 0.408 e. The quantitative estimate of drug-likeness (QED) is 0.514. The standard InChI is InChI=1S/C20H22F3N9O2/c1-3-25-13-8-26-18(29-15(13)24)30-19(34)32-11-6-7-31(9-11)14-5-4-12(28-16(14)32)17(33)27-10(2)20(21,22)23/h3-5,8,10-11,25H,1,6-7,9H2,2H3,(H,27,33)(H3,24,26,29,30,34)/t10-,11?/m1/s1. The lowest BCUT2D eigenvalue weighted by atomic mass is 10.1. The van der Waals surface area contributed by atoms with Gasteiger partial charge in [-0.1, -0.05) is 6.58 Å². The summed E-state index contributed by atoms with van der Waals surface area (Å²) in [4.78, 5) is 41.3. The summed E-state index contributed by atoms with van der Waals surface area (Å²) in [6.45, 7) is 5.57. The van der Waals surface area contributed by atoms with Crippen molar-refractivity contribution in [2.24, 2.45) is 0 Å². The van der Waals surface area contributed by atoms with E-state index in [1.807, 2.05) is 10.2 Å². The van der Waals surface area contributed by atoms with Crippen molar-refractivity contribution in [2.45, 2.75) is 31.6 Å². The first-order valence-corrected chi connectivity index (χ1v) is 10.3. The van der Waals surface area contributed by atoms with Crippen molar-refractivity contribution in [2.75, 3.05) is 39.3 Å². The maximum atomic E-state index is 13.2. The van der Waals surface area contributed by atoms with E-state index in [0.29, 0.717) is 30.9 Å². The third-order valence-corrected chi connectivity index (χ3v) is 5.54. The summed E-state index contributed by atoms with van der Waals surface area (Å²) in [5, 5.41) is 7.21. The van der Waals surface area contributed by atoms with E-state index >= 15 is 0 Å². The van der Waals surface area contributed by atoms with Crippen LogP contribution in [-0.2, 0) is 0 Å². The lowest BCUT2D eigenvalue weighted by Crippen LogP contribution is -2.49. The van der Waals surface area contributed by atoms with Crippen molar-refractivity contribution in [3.8, 4) is 0 Å². The Morgan fingerprint density at radius 1 is 1.32 bits per heavy atom. The van der Waals surface area contributed by atoms with Crippen molar-refractivity contribution in [1.82, 2.24) is 20.3 Å². The van der Waals surface area contributed by atoms with Crippen LogP contribution in [0.25, 0.3) is 0 Å². The molecule has 2 aromatic rings. The van der Waals surface area contributed by atoms with Gasteiger partial charge < -0.3 is 21.3 Å². The minimum absolute atomic E-state index is 0.0491. The number of nitrogens with zero attached hydrogens (tertiary/aromatic N) is 5. The number of fused-ring (bicyclic) bond motifs is 4. The molecule has 0 radical (unpaired) electrons. The normalized spacial score (nSPS) is 17.6. The minimum Gasteiger partial charge on any atom is -0.382 e. The molecule has 1 saturated heterocycles. The molecule has 2 aromatic heterocycles.